The molecule has 100 valence electrons. The van der Waals surface area contributed by atoms with Crippen molar-refractivity contribution in [2.75, 3.05) is 19.6 Å². The van der Waals surface area contributed by atoms with Gasteiger partial charge in [0.25, 0.3) is 0 Å². The van der Waals surface area contributed by atoms with Crippen LogP contribution in [0.3, 0.4) is 0 Å². The van der Waals surface area contributed by atoms with Gasteiger partial charge in [0.05, 0.1) is 0 Å². The van der Waals surface area contributed by atoms with Crippen LogP contribution >= 0.6 is 0 Å². The predicted octanol–water partition coefficient (Wildman–Crippen LogP) is 2.34. The number of piperazine rings is 1. The first-order valence-electron chi connectivity index (χ1n) is 6.44. The highest BCUT2D eigenvalue weighted by atomic mass is 16.6. The van der Waals surface area contributed by atoms with Gasteiger partial charge in [-0.05, 0) is 41.5 Å². The van der Waals surface area contributed by atoms with Gasteiger partial charge in [-0.25, -0.2) is 4.79 Å². The number of ether oxygens (including phenoxy) is 1. The van der Waals surface area contributed by atoms with Crippen LogP contribution in [0, 0.1) is 0 Å². The van der Waals surface area contributed by atoms with E-state index in [1.54, 1.807) is 0 Å². The van der Waals surface area contributed by atoms with E-state index in [1.807, 2.05) is 25.7 Å². The lowest BCUT2D eigenvalue weighted by molar-refractivity contribution is 0.000847. The molecule has 1 aliphatic heterocycles. The van der Waals surface area contributed by atoms with Gasteiger partial charge >= 0.3 is 6.09 Å². The number of nitrogens with zero attached hydrogens (tertiary/aromatic N) is 2. The topological polar surface area (TPSA) is 32.8 Å². The zero-order chi connectivity index (χ0) is 13.2. The van der Waals surface area contributed by atoms with Crippen LogP contribution in [0.1, 0.15) is 41.5 Å². The third-order valence-electron chi connectivity index (χ3n) is 2.99. The normalized spacial score (nSPS) is 23.0. The molecule has 0 aromatic heterocycles. The lowest BCUT2D eigenvalue weighted by atomic mass is 10.1. The maximum absolute atomic E-state index is 11.9. The summed E-state index contributed by atoms with van der Waals surface area (Å²) >= 11 is 0. The van der Waals surface area contributed by atoms with E-state index >= 15 is 0 Å². The Bertz CT molecular complexity index is 271. The van der Waals surface area contributed by atoms with Gasteiger partial charge in [-0.15, -0.1) is 0 Å². The molecule has 4 nitrogen and oxygen atoms in total. The zero-order valence-corrected chi connectivity index (χ0v) is 12.0. The molecule has 1 atom stereocenters. The van der Waals surface area contributed by atoms with Gasteiger partial charge in [-0.1, -0.05) is 0 Å². The molecular weight excluding hydrogens is 216 g/mol. The van der Waals surface area contributed by atoms with Crippen molar-refractivity contribution in [3.63, 3.8) is 0 Å². The molecule has 0 bridgehead atoms. The van der Waals surface area contributed by atoms with Gasteiger partial charge in [0.2, 0.25) is 0 Å². The van der Waals surface area contributed by atoms with Gasteiger partial charge in [0.1, 0.15) is 5.60 Å². The molecule has 1 heterocycles. The highest BCUT2D eigenvalue weighted by Gasteiger charge is 2.30. The molecule has 17 heavy (non-hydrogen) atoms. The van der Waals surface area contributed by atoms with Crippen LogP contribution in [-0.2, 0) is 4.74 Å². The molecule has 1 rings (SSSR count). The summed E-state index contributed by atoms with van der Waals surface area (Å²) in [6.07, 6.45) is -0.187. The molecule has 0 aliphatic carbocycles. The van der Waals surface area contributed by atoms with Crippen molar-refractivity contribution >= 4 is 6.09 Å². The van der Waals surface area contributed by atoms with Gasteiger partial charge < -0.3 is 9.64 Å². The highest BCUT2D eigenvalue weighted by Crippen LogP contribution is 2.16. The van der Waals surface area contributed by atoms with Crippen molar-refractivity contribution in [2.24, 2.45) is 0 Å². The van der Waals surface area contributed by atoms with Crippen molar-refractivity contribution in [1.29, 1.82) is 0 Å². The monoisotopic (exact) mass is 242 g/mol. The molecule has 1 amide bonds. The molecule has 0 aromatic carbocycles. The Labute approximate surface area is 105 Å². The first-order valence-corrected chi connectivity index (χ1v) is 6.44. The van der Waals surface area contributed by atoms with Crippen LogP contribution in [-0.4, -0.2) is 53.2 Å². The van der Waals surface area contributed by atoms with Gasteiger partial charge in [-0.2, -0.15) is 0 Å². The Morgan fingerprint density at radius 2 is 1.88 bits per heavy atom. The second-order valence-electron chi connectivity index (χ2n) is 6.11. The second-order valence-corrected chi connectivity index (χ2v) is 6.11. The minimum Gasteiger partial charge on any atom is -0.444 e. The van der Waals surface area contributed by atoms with E-state index in [2.05, 4.69) is 25.7 Å². The van der Waals surface area contributed by atoms with E-state index in [0.29, 0.717) is 12.1 Å². The number of amides is 1. The van der Waals surface area contributed by atoms with Crippen LogP contribution in [0.4, 0.5) is 4.79 Å². The first kappa shape index (κ1) is 14.3. The van der Waals surface area contributed by atoms with Crippen LogP contribution in [0.25, 0.3) is 0 Å². The van der Waals surface area contributed by atoms with E-state index in [4.69, 9.17) is 4.74 Å². The zero-order valence-electron chi connectivity index (χ0n) is 12.0. The summed E-state index contributed by atoms with van der Waals surface area (Å²) in [5.41, 5.74) is -0.407. The largest absolute Gasteiger partial charge is 0.444 e. The third kappa shape index (κ3) is 4.19. The molecule has 0 aromatic rings. The Kier molecular flexibility index (Phi) is 4.42. The van der Waals surface area contributed by atoms with Gasteiger partial charge in [-0.3, -0.25) is 4.90 Å². The Hall–Kier alpha value is -0.770. The molecule has 1 aliphatic rings. The fraction of sp³-hybridized carbons (Fsp3) is 0.923. The lowest BCUT2D eigenvalue weighted by Gasteiger charge is -2.42. The number of hydrogen-bond donors (Lipinski definition) is 0. The van der Waals surface area contributed by atoms with E-state index in [9.17, 15) is 4.79 Å². The standard InChI is InChI=1S/C13H26N2O2/c1-10(2)15-8-7-14(9-11(15)3)12(16)17-13(4,5)6/h10-11H,7-9H2,1-6H3/t11-/m1/s1. The molecular formula is C13H26N2O2. The second kappa shape index (κ2) is 5.25. The first-order chi connectivity index (χ1) is 7.70. The van der Waals surface area contributed by atoms with Crippen molar-refractivity contribution in [3.05, 3.63) is 0 Å². The number of carbonyl (C=O) groups excluding carboxylic acids is 1. The minimum absolute atomic E-state index is 0.187. The smallest absolute Gasteiger partial charge is 0.410 e. The molecule has 4 heteroatoms. The summed E-state index contributed by atoms with van der Waals surface area (Å²) in [7, 11) is 0. The SMILES string of the molecule is CC(C)N1CCN(C(=O)OC(C)(C)C)C[C@H]1C. The highest BCUT2D eigenvalue weighted by molar-refractivity contribution is 5.68. The summed E-state index contributed by atoms with van der Waals surface area (Å²) in [4.78, 5) is 16.2. The van der Waals surface area contributed by atoms with Crippen LogP contribution in [0.2, 0.25) is 0 Å². The Balaban J connectivity index is 2.52. The summed E-state index contributed by atoms with van der Waals surface area (Å²) in [6.45, 7) is 14.7. The lowest BCUT2D eigenvalue weighted by Crippen LogP contribution is -2.56. The number of hydrogen-bond acceptors (Lipinski definition) is 3. The van der Waals surface area contributed by atoms with Crippen molar-refractivity contribution < 1.29 is 9.53 Å². The Morgan fingerprint density at radius 1 is 1.29 bits per heavy atom. The molecule has 0 unspecified atom stereocenters. The molecule has 0 saturated carbocycles. The predicted molar refractivity (Wildman–Crippen MR) is 69.1 cm³/mol. The van der Waals surface area contributed by atoms with Gasteiger partial charge in [0, 0.05) is 31.7 Å². The van der Waals surface area contributed by atoms with Crippen LogP contribution < -0.4 is 0 Å². The van der Waals surface area contributed by atoms with Crippen molar-refractivity contribution in [1.82, 2.24) is 9.80 Å². The van der Waals surface area contributed by atoms with Crippen LogP contribution in [0.15, 0.2) is 0 Å². The number of carbonyl (C=O) groups is 1. The third-order valence-corrected chi connectivity index (χ3v) is 2.99. The van der Waals surface area contributed by atoms with E-state index < -0.39 is 5.60 Å². The van der Waals surface area contributed by atoms with E-state index in [-0.39, 0.29) is 6.09 Å². The van der Waals surface area contributed by atoms with Crippen LogP contribution in [0.5, 0.6) is 0 Å². The van der Waals surface area contributed by atoms with Crippen molar-refractivity contribution in [2.45, 2.75) is 59.2 Å². The molecule has 0 spiro atoms. The summed E-state index contributed by atoms with van der Waals surface area (Å²) in [5, 5.41) is 0. The maximum atomic E-state index is 11.9. The van der Waals surface area contributed by atoms with E-state index in [0.717, 1.165) is 19.6 Å². The average molecular weight is 242 g/mol. The average Bonchev–Trinajstić information content (AvgIpc) is 2.14. The number of rotatable bonds is 1. The molecule has 0 N–H and O–H groups in total. The molecule has 1 fully saturated rings. The summed E-state index contributed by atoms with van der Waals surface area (Å²) < 4.78 is 5.39. The maximum Gasteiger partial charge on any atom is 0.410 e. The minimum atomic E-state index is -0.407. The van der Waals surface area contributed by atoms with Gasteiger partial charge in [0.15, 0.2) is 0 Å². The van der Waals surface area contributed by atoms with Crippen molar-refractivity contribution in [3.8, 4) is 0 Å². The van der Waals surface area contributed by atoms with E-state index in [1.165, 1.54) is 0 Å². The Morgan fingerprint density at radius 3 is 2.29 bits per heavy atom. The molecule has 1 saturated heterocycles. The summed E-state index contributed by atoms with van der Waals surface area (Å²) in [5.74, 6) is 0. The fourth-order valence-electron chi connectivity index (χ4n) is 2.23. The fourth-order valence-corrected chi connectivity index (χ4v) is 2.23. The molecule has 0 radical (unpaired) electrons. The summed E-state index contributed by atoms with van der Waals surface area (Å²) in [6, 6.07) is 0.932. The quantitative estimate of drug-likeness (QED) is 0.707.